The molecule has 142 valence electrons. The quantitative estimate of drug-likeness (QED) is 0.254. The van der Waals surface area contributed by atoms with Gasteiger partial charge in [-0.25, -0.2) is 0 Å². The van der Waals surface area contributed by atoms with Gasteiger partial charge < -0.3 is 0 Å². The number of rotatable bonds is 4. The summed E-state index contributed by atoms with van der Waals surface area (Å²) in [5.41, 5.74) is 6.79. The Bertz CT molecular complexity index is 1180. The van der Waals surface area contributed by atoms with Gasteiger partial charge in [0.05, 0.1) is 0 Å². The van der Waals surface area contributed by atoms with E-state index in [9.17, 15) is 0 Å². The number of hydrogen-bond donors (Lipinski definition) is 0. The fourth-order valence-corrected chi connectivity index (χ4v) is 3.01. The average molecular weight is 383 g/mol. The molecule has 0 unspecified atom stereocenters. The minimum atomic E-state index is 1.02. The van der Waals surface area contributed by atoms with Crippen molar-refractivity contribution in [3.63, 3.8) is 0 Å². The van der Waals surface area contributed by atoms with Gasteiger partial charge in [-0.1, -0.05) is 121 Å². The van der Waals surface area contributed by atoms with Crippen LogP contribution in [0.15, 0.2) is 109 Å². The molecular weight excluding hydrogens is 360 g/mol. The molecule has 0 spiro atoms. The molecule has 4 aromatic carbocycles. The third kappa shape index (κ3) is 5.71. The van der Waals surface area contributed by atoms with Crippen LogP contribution in [0.3, 0.4) is 0 Å². The first-order valence-electron chi connectivity index (χ1n) is 10.0. The lowest BCUT2D eigenvalue weighted by Gasteiger charge is -1.98. The van der Waals surface area contributed by atoms with E-state index in [2.05, 4.69) is 109 Å². The zero-order chi connectivity index (χ0) is 20.4. The Labute approximate surface area is 178 Å². The van der Waals surface area contributed by atoms with Crippen LogP contribution in [0.5, 0.6) is 0 Å². The molecule has 0 aliphatic rings. The molecule has 30 heavy (non-hydrogen) atoms. The van der Waals surface area contributed by atoms with E-state index in [0.717, 1.165) is 16.7 Å². The molecule has 0 atom stereocenters. The zero-order valence-corrected chi connectivity index (χ0v) is 16.7. The lowest BCUT2D eigenvalue weighted by molar-refractivity contribution is 1.60. The van der Waals surface area contributed by atoms with Crippen LogP contribution in [-0.4, -0.2) is 0 Å². The molecule has 0 aromatic heterocycles. The molecule has 0 aliphatic carbocycles. The third-order valence-corrected chi connectivity index (χ3v) is 4.71. The first kappa shape index (κ1) is 19.2. The monoisotopic (exact) mass is 382 g/mol. The van der Waals surface area contributed by atoms with E-state index in [-0.39, 0.29) is 0 Å². The largest absolute Gasteiger partial charge is 0.0622 e. The van der Waals surface area contributed by atoms with Crippen LogP contribution in [-0.2, 0) is 0 Å². The van der Waals surface area contributed by atoms with Crippen molar-refractivity contribution in [2.45, 2.75) is 0 Å². The van der Waals surface area contributed by atoms with Gasteiger partial charge in [-0.3, -0.25) is 0 Å². The van der Waals surface area contributed by atoms with Gasteiger partial charge in [-0.2, -0.15) is 0 Å². The maximum atomic E-state index is 3.21. The van der Waals surface area contributed by atoms with Crippen LogP contribution in [0, 0.1) is 11.8 Å². The van der Waals surface area contributed by atoms with Crippen molar-refractivity contribution in [3.8, 4) is 11.8 Å². The van der Waals surface area contributed by atoms with Crippen LogP contribution in [0.4, 0.5) is 0 Å². The second-order valence-electron chi connectivity index (χ2n) is 6.98. The molecule has 4 aromatic rings. The van der Waals surface area contributed by atoms with Crippen molar-refractivity contribution < 1.29 is 0 Å². The standard InChI is InChI=1S/C30H22/c1-3-7-25(8-4-1)11-13-27-15-19-29(20-16-27)23-24-30-21-17-28(18-22-30)14-12-26-9-5-2-6-10-26/h1-11,13,15-24H/b13-11+,24-23+. The molecular formula is C30H22. The van der Waals surface area contributed by atoms with Crippen LogP contribution >= 0.6 is 0 Å². The highest BCUT2D eigenvalue weighted by Gasteiger charge is 1.92. The summed E-state index contributed by atoms with van der Waals surface area (Å²) >= 11 is 0. The second kappa shape index (κ2) is 9.92. The molecule has 0 bridgehead atoms. The van der Waals surface area contributed by atoms with Crippen LogP contribution < -0.4 is 0 Å². The maximum Gasteiger partial charge on any atom is 0.0249 e. The molecule has 0 fully saturated rings. The van der Waals surface area contributed by atoms with Crippen molar-refractivity contribution >= 4 is 24.3 Å². The zero-order valence-electron chi connectivity index (χ0n) is 16.7. The number of hydrogen-bond acceptors (Lipinski definition) is 0. The molecule has 0 heteroatoms. The predicted molar refractivity (Wildman–Crippen MR) is 130 cm³/mol. The lowest BCUT2D eigenvalue weighted by Crippen LogP contribution is -1.78. The molecule has 0 saturated carbocycles. The normalized spacial score (nSPS) is 10.8. The van der Waals surface area contributed by atoms with E-state index in [0.29, 0.717) is 0 Å². The van der Waals surface area contributed by atoms with E-state index in [1.807, 2.05) is 36.4 Å². The third-order valence-electron chi connectivity index (χ3n) is 4.71. The number of benzene rings is 4. The summed E-state index contributed by atoms with van der Waals surface area (Å²) in [5, 5.41) is 0. The fraction of sp³-hybridized carbons (Fsp3) is 0. The SMILES string of the molecule is C(#Cc1ccc(/C=C/c2ccc(/C=C/c3ccccc3)cc2)cc1)c1ccccc1. The Morgan fingerprint density at radius 1 is 0.333 bits per heavy atom. The maximum absolute atomic E-state index is 3.21. The minimum Gasteiger partial charge on any atom is -0.0622 e. The first-order chi connectivity index (χ1) is 14.8. The fourth-order valence-electron chi connectivity index (χ4n) is 3.01. The van der Waals surface area contributed by atoms with Crippen molar-refractivity contribution in [2.24, 2.45) is 0 Å². The van der Waals surface area contributed by atoms with E-state index < -0.39 is 0 Å². The summed E-state index contributed by atoms with van der Waals surface area (Å²) in [5.74, 6) is 6.40. The summed E-state index contributed by atoms with van der Waals surface area (Å²) in [4.78, 5) is 0. The highest BCUT2D eigenvalue weighted by atomic mass is 14.0. The van der Waals surface area contributed by atoms with Crippen LogP contribution in [0.25, 0.3) is 24.3 Å². The summed E-state index contributed by atoms with van der Waals surface area (Å²) < 4.78 is 0. The van der Waals surface area contributed by atoms with E-state index >= 15 is 0 Å². The molecule has 0 heterocycles. The van der Waals surface area contributed by atoms with Crippen molar-refractivity contribution in [2.75, 3.05) is 0 Å². The van der Waals surface area contributed by atoms with Crippen LogP contribution in [0.1, 0.15) is 33.4 Å². The smallest absolute Gasteiger partial charge is 0.0249 e. The van der Waals surface area contributed by atoms with E-state index in [1.165, 1.54) is 16.7 Å². The summed E-state index contributed by atoms with van der Waals surface area (Å²) in [7, 11) is 0. The highest BCUT2D eigenvalue weighted by molar-refractivity contribution is 5.73. The lowest BCUT2D eigenvalue weighted by atomic mass is 10.1. The molecule has 0 aliphatic heterocycles. The topological polar surface area (TPSA) is 0 Å². The Balaban J connectivity index is 1.38. The summed E-state index contributed by atoms with van der Waals surface area (Å²) in [6.45, 7) is 0. The summed E-state index contributed by atoms with van der Waals surface area (Å²) in [6, 6.07) is 37.3. The van der Waals surface area contributed by atoms with E-state index in [4.69, 9.17) is 0 Å². The predicted octanol–water partition coefficient (Wildman–Crippen LogP) is 7.43. The van der Waals surface area contributed by atoms with Gasteiger partial charge in [-0.05, 0) is 46.5 Å². The van der Waals surface area contributed by atoms with Crippen molar-refractivity contribution in [1.29, 1.82) is 0 Å². The van der Waals surface area contributed by atoms with Gasteiger partial charge in [0, 0.05) is 11.1 Å². The van der Waals surface area contributed by atoms with Gasteiger partial charge >= 0.3 is 0 Å². The first-order valence-corrected chi connectivity index (χ1v) is 10.0. The minimum absolute atomic E-state index is 1.02. The second-order valence-corrected chi connectivity index (χ2v) is 6.98. The van der Waals surface area contributed by atoms with Gasteiger partial charge in [-0.15, -0.1) is 0 Å². The highest BCUT2D eigenvalue weighted by Crippen LogP contribution is 2.13. The van der Waals surface area contributed by atoms with E-state index in [1.54, 1.807) is 0 Å². The van der Waals surface area contributed by atoms with Crippen molar-refractivity contribution in [1.82, 2.24) is 0 Å². The summed E-state index contributed by atoms with van der Waals surface area (Å²) in [6.07, 6.45) is 8.53. The van der Waals surface area contributed by atoms with Gasteiger partial charge in [0.25, 0.3) is 0 Å². The Hall–Kier alpha value is -4.08. The van der Waals surface area contributed by atoms with Crippen molar-refractivity contribution in [3.05, 3.63) is 143 Å². The molecule has 0 nitrogen and oxygen atoms in total. The Kier molecular flexibility index (Phi) is 6.36. The average Bonchev–Trinajstić information content (AvgIpc) is 2.83. The molecule has 4 rings (SSSR count). The Morgan fingerprint density at radius 3 is 1.13 bits per heavy atom. The molecule has 0 radical (unpaired) electrons. The van der Waals surface area contributed by atoms with Gasteiger partial charge in [0.1, 0.15) is 0 Å². The Morgan fingerprint density at radius 2 is 0.667 bits per heavy atom. The molecule has 0 N–H and O–H groups in total. The molecule has 0 amide bonds. The van der Waals surface area contributed by atoms with Gasteiger partial charge in [0.15, 0.2) is 0 Å². The van der Waals surface area contributed by atoms with Gasteiger partial charge in [0.2, 0.25) is 0 Å². The molecule has 0 saturated heterocycles. The van der Waals surface area contributed by atoms with Crippen LogP contribution in [0.2, 0.25) is 0 Å².